The van der Waals surface area contributed by atoms with Gasteiger partial charge in [0.05, 0.1) is 19.3 Å². The lowest BCUT2D eigenvalue weighted by molar-refractivity contribution is -0.0958. The molecule has 1 saturated carbocycles. The third kappa shape index (κ3) is 1.90. The van der Waals surface area contributed by atoms with Gasteiger partial charge in [-0.2, -0.15) is 5.10 Å². The summed E-state index contributed by atoms with van der Waals surface area (Å²) in [5.41, 5.74) is -0.0718. The van der Waals surface area contributed by atoms with E-state index in [9.17, 15) is 9.90 Å². The monoisotopic (exact) mass is 286 g/mol. The normalized spacial score (nSPS) is 20.4. The highest BCUT2D eigenvalue weighted by molar-refractivity contribution is 5.97. The van der Waals surface area contributed by atoms with Gasteiger partial charge in [0.15, 0.2) is 0 Å². The highest BCUT2D eigenvalue weighted by atomic mass is 16.3. The first-order chi connectivity index (χ1) is 10.1. The zero-order valence-electron chi connectivity index (χ0n) is 11.9. The minimum Gasteiger partial charge on any atom is -0.386 e. The Balaban J connectivity index is 1.59. The van der Waals surface area contributed by atoms with Crippen LogP contribution in [0.1, 0.15) is 23.2 Å². The average molecular weight is 286 g/mol. The quantitative estimate of drug-likeness (QED) is 0.908. The van der Waals surface area contributed by atoms with Crippen molar-refractivity contribution in [2.45, 2.75) is 18.4 Å². The third-order valence-corrected chi connectivity index (χ3v) is 4.54. The summed E-state index contributed by atoms with van der Waals surface area (Å²) in [5.74, 6) is 1.09. The van der Waals surface area contributed by atoms with Gasteiger partial charge in [-0.05, 0) is 30.9 Å². The van der Waals surface area contributed by atoms with E-state index >= 15 is 0 Å². The number of nitrogens with zero attached hydrogens (tertiary/aromatic N) is 4. The number of aromatic nitrogens is 3. The van der Waals surface area contributed by atoms with Crippen LogP contribution in [0.3, 0.4) is 0 Å². The number of β-amino-alcohol motifs (C(OH)–C–C–N with tert-alkyl or cyclic N) is 1. The number of aliphatic hydroxyl groups is 1. The van der Waals surface area contributed by atoms with Gasteiger partial charge in [-0.3, -0.25) is 9.48 Å². The van der Waals surface area contributed by atoms with Crippen LogP contribution in [-0.2, 0) is 7.05 Å². The average Bonchev–Trinajstić information content (AvgIpc) is 3.02. The van der Waals surface area contributed by atoms with Crippen LogP contribution in [0.4, 0.5) is 0 Å². The standard InChI is InChI=1S/C15H18N4O2/c1-17-13(18-6-2-3-7-18)12(8-16-17)14(20)19-9-15(21,10-19)11-4-5-11/h2-3,6-8,11,21H,4-5,9-10H2,1H3. The lowest BCUT2D eigenvalue weighted by Gasteiger charge is -2.46. The molecule has 3 heterocycles. The first-order valence-corrected chi connectivity index (χ1v) is 7.25. The highest BCUT2D eigenvalue weighted by Crippen LogP contribution is 2.44. The maximum Gasteiger partial charge on any atom is 0.259 e. The van der Waals surface area contributed by atoms with E-state index in [4.69, 9.17) is 0 Å². The second-order valence-electron chi connectivity index (χ2n) is 6.13. The van der Waals surface area contributed by atoms with Gasteiger partial charge in [0.2, 0.25) is 0 Å². The van der Waals surface area contributed by atoms with Crippen molar-refractivity contribution in [1.29, 1.82) is 0 Å². The summed E-state index contributed by atoms with van der Waals surface area (Å²) in [5, 5.41) is 14.6. The molecule has 2 fully saturated rings. The molecule has 1 aliphatic carbocycles. The summed E-state index contributed by atoms with van der Waals surface area (Å²) < 4.78 is 3.58. The lowest BCUT2D eigenvalue weighted by Crippen LogP contribution is -2.64. The van der Waals surface area contributed by atoms with Crippen molar-refractivity contribution < 1.29 is 9.90 Å². The number of hydrogen-bond donors (Lipinski definition) is 1. The maximum absolute atomic E-state index is 12.6. The molecule has 1 amide bonds. The fourth-order valence-electron chi connectivity index (χ4n) is 3.17. The largest absolute Gasteiger partial charge is 0.386 e. The SMILES string of the molecule is Cn1ncc(C(=O)N2CC(O)(C3CC3)C2)c1-n1cccc1. The number of aryl methyl sites for hydroxylation is 1. The second kappa shape index (κ2) is 4.21. The number of carbonyl (C=O) groups excluding carboxylic acids is 1. The van der Waals surface area contributed by atoms with E-state index in [0.29, 0.717) is 24.6 Å². The Morgan fingerprint density at radius 3 is 2.62 bits per heavy atom. The van der Waals surface area contributed by atoms with Gasteiger partial charge in [0.1, 0.15) is 17.0 Å². The summed E-state index contributed by atoms with van der Waals surface area (Å²) >= 11 is 0. The zero-order valence-corrected chi connectivity index (χ0v) is 11.9. The van der Waals surface area contributed by atoms with E-state index in [2.05, 4.69) is 5.10 Å². The molecule has 0 bridgehead atoms. The van der Waals surface area contributed by atoms with E-state index in [1.165, 1.54) is 0 Å². The second-order valence-corrected chi connectivity index (χ2v) is 6.13. The van der Waals surface area contributed by atoms with E-state index < -0.39 is 5.60 Å². The number of rotatable bonds is 3. The molecule has 0 spiro atoms. The summed E-state index contributed by atoms with van der Waals surface area (Å²) in [4.78, 5) is 14.3. The van der Waals surface area contributed by atoms with Crippen LogP contribution < -0.4 is 0 Å². The van der Waals surface area contributed by atoms with E-state index in [-0.39, 0.29) is 5.91 Å². The van der Waals surface area contributed by atoms with Crippen molar-refractivity contribution in [2.75, 3.05) is 13.1 Å². The molecule has 6 nitrogen and oxygen atoms in total. The summed E-state index contributed by atoms with van der Waals surface area (Å²) in [7, 11) is 1.82. The predicted octanol–water partition coefficient (Wildman–Crippen LogP) is 0.808. The van der Waals surface area contributed by atoms with Crippen molar-refractivity contribution in [3.05, 3.63) is 36.3 Å². The Hall–Kier alpha value is -2.08. The molecule has 21 heavy (non-hydrogen) atoms. The molecule has 1 aliphatic heterocycles. The summed E-state index contributed by atoms with van der Waals surface area (Å²) in [6.07, 6.45) is 7.56. The van der Waals surface area contributed by atoms with Crippen LogP contribution in [0.2, 0.25) is 0 Å². The van der Waals surface area contributed by atoms with Crippen molar-refractivity contribution in [1.82, 2.24) is 19.2 Å². The summed E-state index contributed by atoms with van der Waals surface area (Å²) in [6, 6.07) is 3.83. The van der Waals surface area contributed by atoms with Crippen molar-refractivity contribution in [3.8, 4) is 5.82 Å². The van der Waals surface area contributed by atoms with Gasteiger partial charge in [-0.15, -0.1) is 0 Å². The Kier molecular flexibility index (Phi) is 2.53. The molecule has 2 aromatic heterocycles. The molecule has 6 heteroatoms. The number of carbonyl (C=O) groups is 1. The van der Waals surface area contributed by atoms with Crippen LogP contribution in [-0.4, -0.2) is 49.0 Å². The van der Waals surface area contributed by atoms with Gasteiger partial charge in [-0.1, -0.05) is 0 Å². The predicted molar refractivity (Wildman–Crippen MR) is 76.1 cm³/mol. The van der Waals surface area contributed by atoms with Crippen LogP contribution in [0.25, 0.3) is 5.82 Å². The molecule has 4 rings (SSSR count). The van der Waals surface area contributed by atoms with Crippen LogP contribution in [0.5, 0.6) is 0 Å². The van der Waals surface area contributed by atoms with Crippen LogP contribution in [0, 0.1) is 5.92 Å². The molecule has 0 atom stereocenters. The fraction of sp³-hybridized carbons (Fsp3) is 0.467. The third-order valence-electron chi connectivity index (χ3n) is 4.54. The molecule has 110 valence electrons. The Labute approximate surface area is 122 Å². The Bertz CT molecular complexity index is 679. The number of hydrogen-bond acceptors (Lipinski definition) is 3. The van der Waals surface area contributed by atoms with Crippen molar-refractivity contribution in [3.63, 3.8) is 0 Å². The minimum atomic E-state index is -0.647. The van der Waals surface area contributed by atoms with E-state index in [1.807, 2.05) is 36.1 Å². The zero-order chi connectivity index (χ0) is 14.6. The van der Waals surface area contributed by atoms with Crippen molar-refractivity contribution >= 4 is 5.91 Å². The topological polar surface area (TPSA) is 63.3 Å². The van der Waals surface area contributed by atoms with Crippen molar-refractivity contribution in [2.24, 2.45) is 13.0 Å². The van der Waals surface area contributed by atoms with Gasteiger partial charge >= 0.3 is 0 Å². The number of amides is 1. The lowest BCUT2D eigenvalue weighted by atomic mass is 9.88. The minimum absolute atomic E-state index is 0.0582. The first-order valence-electron chi connectivity index (χ1n) is 7.25. The van der Waals surface area contributed by atoms with Gasteiger partial charge < -0.3 is 14.6 Å². The van der Waals surface area contributed by atoms with Gasteiger partial charge in [-0.25, -0.2) is 0 Å². The van der Waals surface area contributed by atoms with E-state index in [1.54, 1.807) is 15.8 Å². The molecule has 1 saturated heterocycles. The highest BCUT2D eigenvalue weighted by Gasteiger charge is 2.53. The smallest absolute Gasteiger partial charge is 0.259 e. The summed E-state index contributed by atoms with van der Waals surface area (Å²) in [6.45, 7) is 0.882. The molecular formula is C15H18N4O2. The number of likely N-dealkylation sites (tertiary alicyclic amines) is 1. The molecule has 1 N–H and O–H groups in total. The fourth-order valence-corrected chi connectivity index (χ4v) is 3.17. The Morgan fingerprint density at radius 1 is 1.33 bits per heavy atom. The van der Waals surface area contributed by atoms with Gasteiger partial charge in [0.25, 0.3) is 5.91 Å². The molecule has 2 aromatic rings. The molecule has 0 aromatic carbocycles. The molecular weight excluding hydrogens is 268 g/mol. The van der Waals surface area contributed by atoms with Gasteiger partial charge in [0, 0.05) is 19.4 Å². The molecule has 2 aliphatic rings. The molecule has 0 unspecified atom stereocenters. The van der Waals surface area contributed by atoms with Crippen LogP contribution >= 0.6 is 0 Å². The first kappa shape index (κ1) is 12.6. The Morgan fingerprint density at radius 2 is 2.00 bits per heavy atom. The van der Waals surface area contributed by atoms with E-state index in [0.717, 1.165) is 18.7 Å². The maximum atomic E-state index is 12.6. The molecule has 0 radical (unpaired) electrons. The van der Waals surface area contributed by atoms with Crippen LogP contribution in [0.15, 0.2) is 30.7 Å².